The maximum absolute atomic E-state index is 12.6. The number of ether oxygens (including phenoxy) is 1. The Morgan fingerprint density at radius 2 is 1.83 bits per heavy atom. The van der Waals surface area contributed by atoms with Crippen LogP contribution in [0.3, 0.4) is 0 Å². The number of carbonyl (C=O) groups excluding carboxylic acids is 1. The van der Waals surface area contributed by atoms with Crippen molar-refractivity contribution in [2.45, 2.75) is 42.7 Å². The predicted octanol–water partition coefficient (Wildman–Crippen LogP) is 4.87. The molecule has 1 heterocycles. The van der Waals surface area contributed by atoms with Crippen molar-refractivity contribution in [3.8, 4) is 11.4 Å². The zero-order valence-corrected chi connectivity index (χ0v) is 17.0. The number of alkyl halides is 2. The average molecular weight is 430 g/mol. The number of carbonyl (C=O) groups is 1. The first kappa shape index (κ1) is 20.3. The van der Waals surface area contributed by atoms with Crippen LogP contribution < -0.4 is 10.1 Å². The lowest BCUT2D eigenvalue weighted by Gasteiger charge is -2.14. The minimum atomic E-state index is -2.88. The van der Waals surface area contributed by atoms with Gasteiger partial charge in [-0.05, 0) is 56.2 Å². The lowest BCUT2D eigenvalue weighted by atomic mass is 10.3. The average Bonchev–Trinajstić information content (AvgIpc) is 3.50. The van der Waals surface area contributed by atoms with Crippen LogP contribution in [-0.4, -0.2) is 32.5 Å². The molecule has 2 aromatic carbocycles. The number of anilines is 1. The van der Waals surface area contributed by atoms with Gasteiger partial charge in [-0.2, -0.15) is 8.78 Å². The first-order valence-corrected chi connectivity index (χ1v) is 10.4. The molecule has 0 aliphatic heterocycles. The number of hydrogen-bond donors (Lipinski definition) is 1. The minimum absolute atomic E-state index is 0.0361. The second kappa shape index (κ2) is 8.83. The molecule has 0 saturated heterocycles. The normalized spacial score (nSPS) is 14.5. The largest absolute Gasteiger partial charge is 0.435 e. The summed E-state index contributed by atoms with van der Waals surface area (Å²) in [5, 5.41) is 11.7. The van der Waals surface area contributed by atoms with E-state index < -0.39 is 11.9 Å². The fourth-order valence-corrected chi connectivity index (χ4v) is 3.83. The molecule has 1 atom stereocenters. The highest BCUT2D eigenvalue weighted by molar-refractivity contribution is 8.00. The minimum Gasteiger partial charge on any atom is -0.435 e. The van der Waals surface area contributed by atoms with Crippen LogP contribution in [0.25, 0.3) is 5.69 Å². The summed E-state index contributed by atoms with van der Waals surface area (Å²) in [5.41, 5.74) is 1.46. The molecule has 0 spiro atoms. The molecule has 1 aliphatic carbocycles. The first-order chi connectivity index (χ1) is 14.5. The maximum Gasteiger partial charge on any atom is 0.387 e. The summed E-state index contributed by atoms with van der Waals surface area (Å²) in [7, 11) is 0. The van der Waals surface area contributed by atoms with E-state index in [1.165, 1.54) is 36.0 Å². The molecule has 3 aromatic rings. The number of rotatable bonds is 8. The molecule has 1 amide bonds. The van der Waals surface area contributed by atoms with Gasteiger partial charge in [0.15, 0.2) is 5.16 Å². The van der Waals surface area contributed by atoms with Crippen molar-refractivity contribution < 1.29 is 18.3 Å². The topological polar surface area (TPSA) is 69.0 Å². The van der Waals surface area contributed by atoms with E-state index in [2.05, 4.69) is 20.3 Å². The Balaban J connectivity index is 1.46. The van der Waals surface area contributed by atoms with Gasteiger partial charge in [0.2, 0.25) is 5.91 Å². The molecule has 0 bridgehead atoms. The van der Waals surface area contributed by atoms with Crippen molar-refractivity contribution in [3.05, 3.63) is 60.4 Å². The summed E-state index contributed by atoms with van der Waals surface area (Å²) in [6, 6.07) is 15.7. The second-order valence-electron chi connectivity index (χ2n) is 6.94. The summed E-state index contributed by atoms with van der Waals surface area (Å²) in [6.07, 6.45) is 2.19. The van der Waals surface area contributed by atoms with Gasteiger partial charge in [-0.1, -0.05) is 30.0 Å². The third-order valence-electron chi connectivity index (χ3n) is 4.61. The van der Waals surface area contributed by atoms with Gasteiger partial charge < -0.3 is 10.1 Å². The van der Waals surface area contributed by atoms with Crippen LogP contribution in [0.5, 0.6) is 5.75 Å². The van der Waals surface area contributed by atoms with Crippen LogP contribution in [-0.2, 0) is 4.79 Å². The molecule has 1 unspecified atom stereocenters. The van der Waals surface area contributed by atoms with E-state index in [9.17, 15) is 13.6 Å². The lowest BCUT2D eigenvalue weighted by Crippen LogP contribution is -2.23. The van der Waals surface area contributed by atoms with Gasteiger partial charge in [0.1, 0.15) is 11.6 Å². The molecule has 1 N–H and O–H groups in total. The predicted molar refractivity (Wildman–Crippen MR) is 110 cm³/mol. The van der Waals surface area contributed by atoms with Crippen LogP contribution in [0.2, 0.25) is 0 Å². The third-order valence-corrected chi connectivity index (χ3v) is 5.66. The van der Waals surface area contributed by atoms with E-state index >= 15 is 0 Å². The van der Waals surface area contributed by atoms with Crippen LogP contribution >= 0.6 is 11.8 Å². The first-order valence-electron chi connectivity index (χ1n) is 9.54. The molecular weight excluding hydrogens is 410 g/mol. The molecule has 1 fully saturated rings. The molecule has 0 radical (unpaired) electrons. The smallest absolute Gasteiger partial charge is 0.387 e. The Bertz CT molecular complexity index is 1010. The monoisotopic (exact) mass is 430 g/mol. The number of para-hydroxylation sites is 1. The lowest BCUT2D eigenvalue weighted by molar-refractivity contribution is -0.115. The Labute approximate surface area is 176 Å². The number of amides is 1. The molecule has 9 heteroatoms. The van der Waals surface area contributed by atoms with Crippen molar-refractivity contribution in [1.82, 2.24) is 14.8 Å². The molecule has 1 aliphatic rings. The van der Waals surface area contributed by atoms with Gasteiger partial charge in [0, 0.05) is 17.3 Å². The van der Waals surface area contributed by atoms with E-state index in [0.717, 1.165) is 24.4 Å². The highest BCUT2D eigenvalue weighted by atomic mass is 32.2. The molecule has 4 rings (SSSR count). The number of aromatic nitrogens is 3. The van der Waals surface area contributed by atoms with E-state index in [0.29, 0.717) is 16.8 Å². The molecule has 1 aromatic heterocycles. The van der Waals surface area contributed by atoms with E-state index in [4.69, 9.17) is 0 Å². The van der Waals surface area contributed by atoms with E-state index in [1.54, 1.807) is 6.92 Å². The van der Waals surface area contributed by atoms with Gasteiger partial charge in [0.25, 0.3) is 0 Å². The van der Waals surface area contributed by atoms with Crippen LogP contribution in [0.1, 0.15) is 31.5 Å². The van der Waals surface area contributed by atoms with Gasteiger partial charge in [-0.25, -0.2) is 0 Å². The van der Waals surface area contributed by atoms with E-state index in [1.807, 2.05) is 34.9 Å². The quantitative estimate of drug-likeness (QED) is 0.517. The van der Waals surface area contributed by atoms with Gasteiger partial charge in [0.05, 0.1) is 5.25 Å². The summed E-state index contributed by atoms with van der Waals surface area (Å²) in [6.45, 7) is -1.10. The summed E-state index contributed by atoms with van der Waals surface area (Å²) < 4.78 is 30.8. The highest BCUT2D eigenvalue weighted by Gasteiger charge is 2.31. The Morgan fingerprint density at radius 3 is 2.47 bits per heavy atom. The van der Waals surface area contributed by atoms with Gasteiger partial charge in [-0.15, -0.1) is 10.2 Å². The number of benzene rings is 2. The molecule has 1 saturated carbocycles. The number of nitrogens with one attached hydrogen (secondary N) is 1. The summed E-state index contributed by atoms with van der Waals surface area (Å²) in [5.74, 6) is 1.14. The summed E-state index contributed by atoms with van der Waals surface area (Å²) in [4.78, 5) is 12.6. The Hall–Kier alpha value is -2.94. The number of thioether (sulfide) groups is 1. The Kier molecular flexibility index (Phi) is 5.98. The number of nitrogens with zero attached hydrogens (tertiary/aromatic N) is 3. The van der Waals surface area contributed by atoms with Crippen molar-refractivity contribution >= 4 is 23.4 Å². The number of hydrogen-bond acceptors (Lipinski definition) is 5. The molecule has 6 nitrogen and oxygen atoms in total. The van der Waals surface area contributed by atoms with Crippen LogP contribution in [0.4, 0.5) is 14.5 Å². The van der Waals surface area contributed by atoms with Crippen molar-refractivity contribution in [2.75, 3.05) is 5.32 Å². The van der Waals surface area contributed by atoms with Gasteiger partial charge in [-0.3, -0.25) is 9.36 Å². The molecule has 156 valence electrons. The van der Waals surface area contributed by atoms with Crippen molar-refractivity contribution in [1.29, 1.82) is 0 Å². The maximum atomic E-state index is 12.6. The second-order valence-corrected chi connectivity index (χ2v) is 8.25. The van der Waals surface area contributed by atoms with Gasteiger partial charge >= 0.3 is 6.61 Å². The Morgan fingerprint density at radius 1 is 1.13 bits per heavy atom. The fourth-order valence-electron chi connectivity index (χ4n) is 2.96. The number of halogens is 2. The van der Waals surface area contributed by atoms with Crippen molar-refractivity contribution in [3.63, 3.8) is 0 Å². The van der Waals surface area contributed by atoms with Crippen LogP contribution in [0.15, 0.2) is 59.8 Å². The zero-order valence-electron chi connectivity index (χ0n) is 16.2. The van der Waals surface area contributed by atoms with Crippen molar-refractivity contribution in [2.24, 2.45) is 0 Å². The third kappa shape index (κ3) is 4.79. The SMILES string of the molecule is CC(Sc1nnc(C2CC2)n1-c1ccccc1)C(=O)Nc1ccc(OC(F)F)cc1. The van der Waals surface area contributed by atoms with Crippen LogP contribution in [0, 0.1) is 0 Å². The van der Waals surface area contributed by atoms with E-state index in [-0.39, 0.29) is 11.7 Å². The molecule has 30 heavy (non-hydrogen) atoms. The standard InChI is InChI=1S/C21H20F2N4O2S/c1-13(19(28)24-15-9-11-17(12-10-15)29-20(22)23)30-21-26-25-18(14-7-8-14)27(21)16-5-3-2-4-6-16/h2-6,9-14,20H,7-8H2,1H3,(H,24,28). The fraction of sp³-hybridized carbons (Fsp3) is 0.286. The zero-order chi connectivity index (χ0) is 21.1. The summed E-state index contributed by atoms with van der Waals surface area (Å²) >= 11 is 1.32. The highest BCUT2D eigenvalue weighted by Crippen LogP contribution is 2.41. The molecular formula is C21H20F2N4O2S.